The number of hydrogen-bond acceptors (Lipinski definition) is 1. The minimum Gasteiger partial charge on any atom is -0.288 e. The SMILES string of the molecule is O=C(c1ccc(Br)cc1F)C(F)F. The van der Waals surface area contributed by atoms with Crippen LogP contribution in [0.2, 0.25) is 0 Å². The molecule has 0 heterocycles. The number of rotatable bonds is 2. The van der Waals surface area contributed by atoms with E-state index in [0.717, 1.165) is 12.1 Å². The van der Waals surface area contributed by atoms with Crippen LogP contribution in [0, 0.1) is 5.82 Å². The molecule has 1 nitrogen and oxygen atoms in total. The van der Waals surface area contributed by atoms with Crippen molar-refractivity contribution < 1.29 is 18.0 Å². The van der Waals surface area contributed by atoms with Gasteiger partial charge in [0.25, 0.3) is 0 Å². The Morgan fingerprint density at radius 2 is 2.00 bits per heavy atom. The highest BCUT2D eigenvalue weighted by molar-refractivity contribution is 9.10. The smallest absolute Gasteiger partial charge is 0.288 e. The van der Waals surface area contributed by atoms with E-state index in [4.69, 9.17) is 0 Å². The van der Waals surface area contributed by atoms with Gasteiger partial charge in [-0.2, -0.15) is 0 Å². The average Bonchev–Trinajstić information content (AvgIpc) is 2.03. The van der Waals surface area contributed by atoms with Crippen molar-refractivity contribution in [3.8, 4) is 0 Å². The van der Waals surface area contributed by atoms with E-state index in [1.807, 2.05) is 0 Å². The highest BCUT2D eigenvalue weighted by Gasteiger charge is 2.20. The third kappa shape index (κ3) is 2.30. The van der Waals surface area contributed by atoms with Gasteiger partial charge in [-0.1, -0.05) is 15.9 Å². The van der Waals surface area contributed by atoms with E-state index in [1.54, 1.807) is 0 Å². The van der Waals surface area contributed by atoms with Gasteiger partial charge in [-0.15, -0.1) is 0 Å². The number of ketones is 1. The van der Waals surface area contributed by atoms with E-state index in [-0.39, 0.29) is 0 Å². The van der Waals surface area contributed by atoms with Gasteiger partial charge < -0.3 is 0 Å². The molecule has 0 amide bonds. The molecule has 0 aliphatic heterocycles. The van der Waals surface area contributed by atoms with Crippen molar-refractivity contribution in [3.05, 3.63) is 34.1 Å². The van der Waals surface area contributed by atoms with Crippen molar-refractivity contribution in [2.45, 2.75) is 6.43 Å². The molecule has 0 saturated heterocycles. The van der Waals surface area contributed by atoms with Crippen LogP contribution in [-0.2, 0) is 0 Å². The predicted octanol–water partition coefficient (Wildman–Crippen LogP) is 3.04. The molecule has 0 aromatic heterocycles. The molecule has 1 aromatic rings. The fourth-order valence-corrected chi connectivity index (χ4v) is 1.14. The maximum Gasteiger partial charge on any atom is 0.300 e. The summed E-state index contributed by atoms with van der Waals surface area (Å²) in [6.07, 6.45) is -3.17. The molecule has 0 bridgehead atoms. The zero-order valence-corrected chi connectivity index (χ0v) is 7.82. The molecule has 1 aromatic carbocycles. The predicted molar refractivity (Wildman–Crippen MR) is 44.4 cm³/mol. The Bertz CT molecular complexity index is 338. The second kappa shape index (κ2) is 3.91. The van der Waals surface area contributed by atoms with Crippen molar-refractivity contribution in [2.24, 2.45) is 0 Å². The Labute approximate surface area is 80.7 Å². The van der Waals surface area contributed by atoms with Crippen molar-refractivity contribution in [1.82, 2.24) is 0 Å². The lowest BCUT2D eigenvalue weighted by Gasteiger charge is -2.01. The number of carbonyl (C=O) groups excluding carboxylic acids is 1. The lowest BCUT2D eigenvalue weighted by molar-refractivity contribution is 0.0674. The van der Waals surface area contributed by atoms with Crippen LogP contribution in [-0.4, -0.2) is 12.2 Å². The number of halogens is 4. The van der Waals surface area contributed by atoms with Crippen LogP contribution >= 0.6 is 15.9 Å². The summed E-state index contributed by atoms with van der Waals surface area (Å²) < 4.78 is 37.0. The minimum atomic E-state index is -3.17. The molecular formula is C8H4BrF3O. The van der Waals surface area contributed by atoms with Crippen molar-refractivity contribution in [2.75, 3.05) is 0 Å². The fraction of sp³-hybridized carbons (Fsp3) is 0.125. The summed E-state index contributed by atoms with van der Waals surface area (Å²) in [5, 5.41) is 0. The van der Waals surface area contributed by atoms with Gasteiger partial charge in [-0.05, 0) is 18.2 Å². The van der Waals surface area contributed by atoms with Gasteiger partial charge in [-0.25, -0.2) is 13.2 Å². The lowest BCUT2D eigenvalue weighted by atomic mass is 10.1. The second-order valence-corrected chi connectivity index (χ2v) is 3.20. The molecule has 1 rings (SSSR count). The molecule has 0 saturated carbocycles. The van der Waals surface area contributed by atoms with Crippen molar-refractivity contribution >= 4 is 21.7 Å². The van der Waals surface area contributed by atoms with Crippen LogP contribution in [0.4, 0.5) is 13.2 Å². The standard InChI is InChI=1S/C8H4BrF3O/c9-4-1-2-5(6(10)3-4)7(13)8(11)12/h1-3,8H. The Hall–Kier alpha value is -0.840. The molecule has 0 fully saturated rings. The molecule has 0 atom stereocenters. The van der Waals surface area contributed by atoms with E-state index in [2.05, 4.69) is 15.9 Å². The van der Waals surface area contributed by atoms with Gasteiger partial charge in [0.1, 0.15) is 5.82 Å². The minimum absolute atomic E-state index is 0.399. The van der Waals surface area contributed by atoms with Gasteiger partial charge in [-0.3, -0.25) is 4.79 Å². The number of carbonyl (C=O) groups is 1. The Kier molecular flexibility index (Phi) is 3.08. The molecule has 0 radical (unpaired) electrons. The first-order chi connectivity index (χ1) is 6.02. The van der Waals surface area contributed by atoms with Gasteiger partial charge in [0.2, 0.25) is 5.78 Å². The van der Waals surface area contributed by atoms with E-state index in [1.165, 1.54) is 6.07 Å². The molecule has 5 heteroatoms. The third-order valence-electron chi connectivity index (χ3n) is 1.39. The van der Waals surface area contributed by atoms with Crippen LogP contribution in [0.3, 0.4) is 0 Å². The largest absolute Gasteiger partial charge is 0.300 e. The first kappa shape index (κ1) is 10.2. The van der Waals surface area contributed by atoms with Crippen LogP contribution in [0.1, 0.15) is 10.4 Å². The summed E-state index contributed by atoms with van der Waals surface area (Å²) in [6, 6.07) is 3.32. The summed E-state index contributed by atoms with van der Waals surface area (Å²) in [4.78, 5) is 10.7. The molecular weight excluding hydrogens is 249 g/mol. The monoisotopic (exact) mass is 252 g/mol. The molecule has 70 valence electrons. The second-order valence-electron chi connectivity index (χ2n) is 2.29. The summed E-state index contributed by atoms with van der Waals surface area (Å²) in [5.74, 6) is -2.44. The quantitative estimate of drug-likeness (QED) is 0.740. The number of hydrogen-bond donors (Lipinski definition) is 0. The molecule has 13 heavy (non-hydrogen) atoms. The van der Waals surface area contributed by atoms with Crippen LogP contribution in [0.5, 0.6) is 0 Å². The van der Waals surface area contributed by atoms with Crippen molar-refractivity contribution in [1.29, 1.82) is 0 Å². The molecule has 0 aliphatic rings. The highest BCUT2D eigenvalue weighted by atomic mass is 79.9. The van der Waals surface area contributed by atoms with Gasteiger partial charge in [0, 0.05) is 4.47 Å². The van der Waals surface area contributed by atoms with Crippen LogP contribution in [0.15, 0.2) is 22.7 Å². The first-order valence-electron chi connectivity index (χ1n) is 3.30. The number of Topliss-reactive ketones (excluding diaryl/α,β-unsaturated/α-hetero) is 1. The van der Waals surface area contributed by atoms with Crippen LogP contribution < -0.4 is 0 Å². The average molecular weight is 253 g/mol. The normalized spacial score (nSPS) is 10.5. The summed E-state index contributed by atoms with van der Waals surface area (Å²) in [7, 11) is 0. The lowest BCUT2D eigenvalue weighted by Crippen LogP contribution is -2.11. The summed E-state index contributed by atoms with van der Waals surface area (Å²) >= 11 is 2.94. The summed E-state index contributed by atoms with van der Waals surface area (Å²) in [5.41, 5.74) is -0.585. The van der Waals surface area contributed by atoms with E-state index in [0.29, 0.717) is 4.47 Å². The summed E-state index contributed by atoms with van der Waals surface area (Å²) in [6.45, 7) is 0. The van der Waals surface area contributed by atoms with Crippen molar-refractivity contribution in [3.63, 3.8) is 0 Å². The van der Waals surface area contributed by atoms with Gasteiger partial charge >= 0.3 is 6.43 Å². The third-order valence-corrected chi connectivity index (χ3v) is 1.89. The maximum absolute atomic E-state index is 12.9. The Morgan fingerprint density at radius 1 is 1.38 bits per heavy atom. The highest BCUT2D eigenvalue weighted by Crippen LogP contribution is 2.17. The van der Waals surface area contributed by atoms with Crippen LogP contribution in [0.25, 0.3) is 0 Å². The number of benzene rings is 1. The zero-order valence-electron chi connectivity index (χ0n) is 6.23. The van der Waals surface area contributed by atoms with E-state index < -0.39 is 23.6 Å². The first-order valence-corrected chi connectivity index (χ1v) is 4.09. The fourth-order valence-electron chi connectivity index (χ4n) is 0.807. The number of alkyl halides is 2. The molecule has 0 N–H and O–H groups in total. The van der Waals surface area contributed by atoms with E-state index in [9.17, 15) is 18.0 Å². The molecule has 0 aliphatic carbocycles. The van der Waals surface area contributed by atoms with E-state index >= 15 is 0 Å². The Morgan fingerprint density at radius 3 is 2.46 bits per heavy atom. The topological polar surface area (TPSA) is 17.1 Å². The molecule has 0 unspecified atom stereocenters. The maximum atomic E-state index is 12.9. The molecule has 0 spiro atoms. The Balaban J connectivity index is 3.09. The van der Waals surface area contributed by atoms with Gasteiger partial charge in [0.15, 0.2) is 0 Å². The zero-order chi connectivity index (χ0) is 10.0. The van der Waals surface area contributed by atoms with Gasteiger partial charge in [0.05, 0.1) is 5.56 Å².